The standard InChI is InChI=1S/C20H20FN3O3S/c1-23(11-13-4-6-14(21)7-5-13)17(25)12-24-18(26)20(22-19(24)27)9-2-3-16-15(20)8-10-28-16/h4-8,10H,2-3,9,11-12H2,1H3,(H,22,27). The van der Waals surface area contributed by atoms with Gasteiger partial charge in [0.25, 0.3) is 5.91 Å². The Labute approximate surface area is 165 Å². The maximum Gasteiger partial charge on any atom is 0.325 e. The molecule has 0 bridgehead atoms. The van der Waals surface area contributed by atoms with Crippen molar-refractivity contribution in [2.75, 3.05) is 13.6 Å². The number of imide groups is 1. The van der Waals surface area contributed by atoms with E-state index in [1.165, 1.54) is 17.0 Å². The first-order valence-corrected chi connectivity index (χ1v) is 9.98. The van der Waals surface area contributed by atoms with Gasteiger partial charge in [0.15, 0.2) is 0 Å². The van der Waals surface area contributed by atoms with Crippen LogP contribution < -0.4 is 5.32 Å². The molecule has 1 aliphatic carbocycles. The molecular weight excluding hydrogens is 381 g/mol. The van der Waals surface area contributed by atoms with Crippen LogP contribution in [-0.2, 0) is 28.1 Å². The molecule has 1 unspecified atom stereocenters. The predicted octanol–water partition coefficient (Wildman–Crippen LogP) is 2.63. The van der Waals surface area contributed by atoms with E-state index in [1.54, 1.807) is 30.5 Å². The zero-order chi connectivity index (χ0) is 19.9. The first-order chi connectivity index (χ1) is 13.4. The predicted molar refractivity (Wildman–Crippen MR) is 102 cm³/mol. The van der Waals surface area contributed by atoms with E-state index >= 15 is 0 Å². The molecule has 1 saturated heterocycles. The Balaban J connectivity index is 1.48. The summed E-state index contributed by atoms with van der Waals surface area (Å²) in [6.45, 7) is -0.0494. The molecule has 1 spiro atoms. The van der Waals surface area contributed by atoms with Crippen LogP contribution in [0.5, 0.6) is 0 Å². The van der Waals surface area contributed by atoms with Crippen molar-refractivity contribution in [3.05, 3.63) is 57.5 Å². The van der Waals surface area contributed by atoms with Gasteiger partial charge in [-0.05, 0) is 48.4 Å². The summed E-state index contributed by atoms with van der Waals surface area (Å²) >= 11 is 1.59. The molecule has 146 valence electrons. The fourth-order valence-corrected chi connectivity index (χ4v) is 4.89. The van der Waals surface area contributed by atoms with E-state index < -0.39 is 11.6 Å². The largest absolute Gasteiger partial charge is 0.340 e. The van der Waals surface area contributed by atoms with Crippen LogP contribution in [0.4, 0.5) is 9.18 Å². The summed E-state index contributed by atoms with van der Waals surface area (Å²) in [6.07, 6.45) is 2.25. The summed E-state index contributed by atoms with van der Waals surface area (Å²) in [6, 6.07) is 7.22. The lowest BCUT2D eigenvalue weighted by Crippen LogP contribution is -2.46. The van der Waals surface area contributed by atoms with Crippen LogP contribution in [0.1, 0.15) is 28.8 Å². The molecule has 1 atom stereocenters. The van der Waals surface area contributed by atoms with Gasteiger partial charge in [0.2, 0.25) is 5.91 Å². The van der Waals surface area contributed by atoms with Gasteiger partial charge in [-0.1, -0.05) is 12.1 Å². The van der Waals surface area contributed by atoms with Gasteiger partial charge in [0.05, 0.1) is 0 Å². The number of urea groups is 1. The number of hydrogen-bond donors (Lipinski definition) is 1. The van der Waals surface area contributed by atoms with E-state index in [-0.39, 0.29) is 30.7 Å². The number of halogens is 1. The number of likely N-dealkylation sites (N-methyl/N-ethyl adjacent to an activating group) is 1. The Morgan fingerprint density at radius 1 is 1.29 bits per heavy atom. The second-order valence-electron chi connectivity index (χ2n) is 7.21. The number of carbonyl (C=O) groups excluding carboxylic acids is 3. The van der Waals surface area contributed by atoms with Crippen LogP contribution in [0, 0.1) is 5.82 Å². The molecule has 6 nitrogen and oxygen atoms in total. The first kappa shape index (κ1) is 18.6. The van der Waals surface area contributed by atoms with Crippen molar-refractivity contribution in [2.24, 2.45) is 0 Å². The molecule has 2 heterocycles. The third-order valence-corrected chi connectivity index (χ3v) is 6.37. The van der Waals surface area contributed by atoms with Crippen molar-refractivity contribution in [3.63, 3.8) is 0 Å². The maximum absolute atomic E-state index is 13.1. The maximum atomic E-state index is 13.1. The Kier molecular flexibility index (Phi) is 4.66. The monoisotopic (exact) mass is 401 g/mol. The van der Waals surface area contributed by atoms with E-state index in [0.717, 1.165) is 33.7 Å². The minimum atomic E-state index is -1.04. The quantitative estimate of drug-likeness (QED) is 0.801. The number of carbonyl (C=O) groups is 3. The van der Waals surface area contributed by atoms with E-state index in [1.807, 2.05) is 11.4 Å². The molecule has 28 heavy (non-hydrogen) atoms. The number of rotatable bonds is 4. The molecule has 2 aromatic rings. The molecule has 2 aliphatic rings. The minimum Gasteiger partial charge on any atom is -0.340 e. The number of amides is 4. The van der Waals surface area contributed by atoms with Gasteiger partial charge in [0.1, 0.15) is 17.9 Å². The third kappa shape index (κ3) is 3.07. The molecule has 1 aromatic heterocycles. The summed E-state index contributed by atoms with van der Waals surface area (Å²) in [7, 11) is 1.59. The van der Waals surface area contributed by atoms with Gasteiger partial charge in [-0.3, -0.25) is 14.5 Å². The highest BCUT2D eigenvalue weighted by Crippen LogP contribution is 2.42. The lowest BCUT2D eigenvalue weighted by molar-refractivity contribution is -0.139. The smallest absolute Gasteiger partial charge is 0.325 e. The molecule has 1 N–H and O–H groups in total. The number of nitrogens with zero attached hydrogens (tertiary/aromatic N) is 2. The van der Waals surface area contributed by atoms with Crippen molar-refractivity contribution < 1.29 is 18.8 Å². The second-order valence-corrected chi connectivity index (χ2v) is 8.21. The Bertz CT molecular complexity index is 942. The third-order valence-electron chi connectivity index (χ3n) is 5.39. The highest BCUT2D eigenvalue weighted by atomic mass is 32.1. The lowest BCUT2D eigenvalue weighted by atomic mass is 9.80. The molecular formula is C20H20FN3O3S. The van der Waals surface area contributed by atoms with Crippen LogP contribution >= 0.6 is 11.3 Å². The van der Waals surface area contributed by atoms with E-state index in [9.17, 15) is 18.8 Å². The lowest BCUT2D eigenvalue weighted by Gasteiger charge is -2.31. The van der Waals surface area contributed by atoms with Gasteiger partial charge < -0.3 is 10.2 Å². The number of fused-ring (bicyclic) bond motifs is 2. The first-order valence-electron chi connectivity index (χ1n) is 9.10. The molecule has 4 rings (SSSR count). The molecule has 1 fully saturated rings. The molecule has 0 radical (unpaired) electrons. The average Bonchev–Trinajstić information content (AvgIpc) is 3.24. The fourth-order valence-electron chi connectivity index (χ4n) is 3.89. The zero-order valence-electron chi connectivity index (χ0n) is 15.4. The number of benzene rings is 1. The van der Waals surface area contributed by atoms with Crippen molar-refractivity contribution >= 4 is 29.2 Å². The Morgan fingerprint density at radius 3 is 2.79 bits per heavy atom. The van der Waals surface area contributed by atoms with Gasteiger partial charge in [0, 0.05) is 24.0 Å². The molecule has 4 amide bonds. The minimum absolute atomic E-state index is 0.266. The van der Waals surface area contributed by atoms with Crippen LogP contribution in [0.25, 0.3) is 0 Å². The highest BCUT2D eigenvalue weighted by Gasteiger charge is 2.54. The molecule has 8 heteroatoms. The number of hydrogen-bond acceptors (Lipinski definition) is 4. The number of aryl methyl sites for hydroxylation is 1. The Morgan fingerprint density at radius 2 is 2.04 bits per heavy atom. The Hall–Kier alpha value is -2.74. The fraction of sp³-hybridized carbons (Fsp3) is 0.350. The van der Waals surface area contributed by atoms with E-state index in [4.69, 9.17) is 0 Å². The summed E-state index contributed by atoms with van der Waals surface area (Å²) in [5.74, 6) is -1.06. The summed E-state index contributed by atoms with van der Waals surface area (Å²) in [5.41, 5.74) is 0.582. The van der Waals surface area contributed by atoms with E-state index in [2.05, 4.69) is 5.32 Å². The van der Waals surface area contributed by atoms with Gasteiger partial charge >= 0.3 is 6.03 Å². The van der Waals surface area contributed by atoms with Crippen LogP contribution in [0.3, 0.4) is 0 Å². The summed E-state index contributed by atoms with van der Waals surface area (Å²) in [4.78, 5) is 41.8. The summed E-state index contributed by atoms with van der Waals surface area (Å²) in [5, 5.41) is 4.78. The number of nitrogens with one attached hydrogen (secondary N) is 1. The summed E-state index contributed by atoms with van der Waals surface area (Å²) < 4.78 is 13.0. The molecule has 1 aliphatic heterocycles. The molecule has 0 saturated carbocycles. The SMILES string of the molecule is CN(Cc1ccc(F)cc1)C(=O)CN1C(=O)NC2(CCCc3sccc32)C1=O. The highest BCUT2D eigenvalue weighted by molar-refractivity contribution is 7.10. The normalized spacial score (nSPS) is 21.0. The van der Waals surface area contributed by atoms with Gasteiger partial charge in [-0.2, -0.15) is 0 Å². The zero-order valence-corrected chi connectivity index (χ0v) is 16.2. The average molecular weight is 401 g/mol. The second kappa shape index (κ2) is 7.01. The van der Waals surface area contributed by atoms with Crippen molar-refractivity contribution in [3.8, 4) is 0 Å². The topological polar surface area (TPSA) is 69.7 Å². The number of thiophene rings is 1. The van der Waals surface area contributed by atoms with Crippen molar-refractivity contribution in [2.45, 2.75) is 31.3 Å². The van der Waals surface area contributed by atoms with E-state index in [0.29, 0.717) is 6.42 Å². The van der Waals surface area contributed by atoms with Crippen molar-refractivity contribution in [1.82, 2.24) is 15.1 Å². The van der Waals surface area contributed by atoms with Gasteiger partial charge in [-0.25, -0.2) is 9.18 Å². The van der Waals surface area contributed by atoms with Crippen LogP contribution in [0.2, 0.25) is 0 Å². The van der Waals surface area contributed by atoms with Crippen LogP contribution in [-0.4, -0.2) is 41.2 Å². The van der Waals surface area contributed by atoms with Crippen LogP contribution in [0.15, 0.2) is 35.7 Å². The van der Waals surface area contributed by atoms with Crippen molar-refractivity contribution in [1.29, 1.82) is 0 Å². The van der Waals surface area contributed by atoms with Gasteiger partial charge in [-0.15, -0.1) is 11.3 Å². The molecule has 1 aromatic carbocycles.